The minimum atomic E-state index is -4.21. The number of hydrogen-bond donors (Lipinski definition) is 1. The molecule has 1 aliphatic rings. The van der Waals surface area contributed by atoms with Crippen molar-refractivity contribution in [2.24, 2.45) is 5.92 Å². The van der Waals surface area contributed by atoms with Gasteiger partial charge in [0.05, 0.1) is 10.8 Å². The smallest absolute Gasteiger partial charge is 0.373 e. The number of pyridine rings is 1. The van der Waals surface area contributed by atoms with Gasteiger partial charge in [-0.3, -0.25) is 10.1 Å². The van der Waals surface area contributed by atoms with Gasteiger partial charge in [-0.15, -0.1) is 0 Å². The predicted molar refractivity (Wildman–Crippen MR) is 71.4 cm³/mol. The molecule has 21 heavy (non-hydrogen) atoms. The number of anilines is 2. The van der Waals surface area contributed by atoms with Crippen molar-refractivity contribution in [1.82, 2.24) is 4.98 Å². The molecule has 1 N–H and O–H groups in total. The molecule has 0 bridgehead atoms. The van der Waals surface area contributed by atoms with E-state index in [0.717, 1.165) is 0 Å². The van der Waals surface area contributed by atoms with Gasteiger partial charge in [-0.05, 0) is 18.9 Å². The molecule has 0 spiro atoms. The Bertz CT molecular complexity index is 528. The zero-order chi connectivity index (χ0) is 15.6. The molecular weight excluding hydrogens is 289 g/mol. The highest BCUT2D eigenvalue weighted by atomic mass is 19.4. The van der Waals surface area contributed by atoms with Crippen LogP contribution in [0, 0.1) is 16.0 Å². The van der Waals surface area contributed by atoms with E-state index in [1.165, 1.54) is 12.1 Å². The van der Waals surface area contributed by atoms with Crippen LogP contribution in [0.25, 0.3) is 0 Å². The maximum absolute atomic E-state index is 12.6. The molecule has 2 rings (SSSR count). The summed E-state index contributed by atoms with van der Waals surface area (Å²) in [6, 6.07) is 2.77. The molecule has 1 aromatic rings. The van der Waals surface area contributed by atoms with Crippen LogP contribution in [0.3, 0.4) is 0 Å². The second-order valence-corrected chi connectivity index (χ2v) is 4.85. The highest BCUT2D eigenvalue weighted by Crippen LogP contribution is 2.37. The van der Waals surface area contributed by atoms with Crippen LogP contribution in [0.4, 0.5) is 30.5 Å². The highest BCUT2D eigenvalue weighted by Gasteiger charge is 2.41. The molecule has 1 aliphatic heterocycles. The van der Waals surface area contributed by atoms with E-state index < -0.39 is 17.0 Å². The molecule has 1 aromatic heterocycles. The van der Waals surface area contributed by atoms with Crippen LogP contribution in [0.2, 0.25) is 0 Å². The predicted octanol–water partition coefficient (Wildman–Crippen LogP) is 2.81. The molecule has 0 unspecified atom stereocenters. The number of halogens is 3. The normalized spacial score (nSPS) is 16.9. The molecule has 0 radical (unpaired) electrons. The minimum absolute atomic E-state index is 0.0773. The van der Waals surface area contributed by atoms with E-state index in [9.17, 15) is 23.3 Å². The first-order valence-corrected chi connectivity index (χ1v) is 6.47. The van der Waals surface area contributed by atoms with E-state index in [2.05, 4.69) is 10.3 Å². The van der Waals surface area contributed by atoms with Gasteiger partial charge >= 0.3 is 11.9 Å². The Balaban J connectivity index is 2.21. The zero-order valence-electron chi connectivity index (χ0n) is 11.4. The van der Waals surface area contributed by atoms with Crippen molar-refractivity contribution < 1.29 is 18.1 Å². The summed E-state index contributed by atoms with van der Waals surface area (Å²) in [5.74, 6) is -0.790. The molecule has 116 valence electrons. The Kier molecular flexibility index (Phi) is 4.19. The van der Waals surface area contributed by atoms with Gasteiger partial charge in [0.2, 0.25) is 5.82 Å². The van der Waals surface area contributed by atoms with Crippen molar-refractivity contribution in [3.05, 3.63) is 22.2 Å². The second-order valence-electron chi connectivity index (χ2n) is 4.85. The Morgan fingerprint density at radius 2 is 2.00 bits per heavy atom. The van der Waals surface area contributed by atoms with Crippen molar-refractivity contribution >= 4 is 17.3 Å². The van der Waals surface area contributed by atoms with Gasteiger partial charge in [0.1, 0.15) is 5.82 Å². The van der Waals surface area contributed by atoms with Crippen molar-refractivity contribution in [3.8, 4) is 0 Å². The average molecular weight is 304 g/mol. The van der Waals surface area contributed by atoms with E-state index >= 15 is 0 Å². The first kappa shape index (κ1) is 15.3. The maximum Gasteiger partial charge on any atom is 0.391 e. The lowest BCUT2D eigenvalue weighted by molar-refractivity contribution is -0.384. The van der Waals surface area contributed by atoms with Crippen LogP contribution in [0.15, 0.2) is 12.1 Å². The number of nitrogens with one attached hydrogen (secondary N) is 1. The molecule has 0 aliphatic carbocycles. The van der Waals surface area contributed by atoms with Crippen LogP contribution in [0.1, 0.15) is 12.8 Å². The van der Waals surface area contributed by atoms with E-state index in [1.54, 1.807) is 11.9 Å². The van der Waals surface area contributed by atoms with Crippen LogP contribution in [-0.2, 0) is 0 Å². The molecule has 0 saturated carbocycles. The Morgan fingerprint density at radius 3 is 2.48 bits per heavy atom. The fraction of sp³-hybridized carbons (Fsp3) is 0.583. The molecule has 6 nitrogen and oxygen atoms in total. The Labute approximate surface area is 119 Å². The van der Waals surface area contributed by atoms with Gasteiger partial charge in [-0.2, -0.15) is 13.2 Å². The number of alkyl halides is 3. The molecule has 0 aromatic carbocycles. The number of rotatable bonds is 3. The summed E-state index contributed by atoms with van der Waals surface area (Å²) in [6.07, 6.45) is -4.36. The monoisotopic (exact) mass is 304 g/mol. The topological polar surface area (TPSA) is 71.3 Å². The first-order valence-electron chi connectivity index (χ1n) is 6.47. The van der Waals surface area contributed by atoms with Gasteiger partial charge < -0.3 is 10.2 Å². The third-order valence-electron chi connectivity index (χ3n) is 3.56. The lowest BCUT2D eigenvalue weighted by Gasteiger charge is -2.33. The van der Waals surface area contributed by atoms with Crippen LogP contribution < -0.4 is 10.2 Å². The molecule has 1 saturated heterocycles. The summed E-state index contributed by atoms with van der Waals surface area (Å²) < 4.78 is 37.9. The van der Waals surface area contributed by atoms with Crippen molar-refractivity contribution in [2.45, 2.75) is 19.0 Å². The molecule has 0 atom stereocenters. The molecular formula is C12H15F3N4O2. The highest BCUT2D eigenvalue weighted by molar-refractivity contribution is 5.61. The third-order valence-corrected chi connectivity index (χ3v) is 3.56. The van der Waals surface area contributed by atoms with Gasteiger partial charge in [-0.1, -0.05) is 0 Å². The zero-order valence-corrected chi connectivity index (χ0v) is 11.4. The minimum Gasteiger partial charge on any atom is -0.373 e. The van der Waals surface area contributed by atoms with Crippen molar-refractivity contribution in [3.63, 3.8) is 0 Å². The summed E-state index contributed by atoms with van der Waals surface area (Å²) in [7, 11) is 1.62. The SMILES string of the molecule is CNc1ccc([N+](=O)[O-])c(N2CCC(C(F)(F)F)CC2)n1. The van der Waals surface area contributed by atoms with Gasteiger partial charge in [0.25, 0.3) is 0 Å². The van der Waals surface area contributed by atoms with E-state index in [4.69, 9.17) is 0 Å². The van der Waals surface area contributed by atoms with Gasteiger partial charge in [0.15, 0.2) is 0 Å². The third kappa shape index (κ3) is 3.34. The summed E-state index contributed by atoms with van der Waals surface area (Å²) in [5.41, 5.74) is -0.195. The van der Waals surface area contributed by atoms with E-state index in [-0.39, 0.29) is 37.4 Å². The van der Waals surface area contributed by atoms with Crippen LogP contribution >= 0.6 is 0 Å². The summed E-state index contributed by atoms with van der Waals surface area (Å²) in [5, 5.41) is 13.8. The summed E-state index contributed by atoms with van der Waals surface area (Å²) in [6.45, 7) is 0.205. The quantitative estimate of drug-likeness (QED) is 0.687. The number of nitro groups is 1. The number of aromatic nitrogens is 1. The fourth-order valence-electron chi connectivity index (χ4n) is 2.37. The lowest BCUT2D eigenvalue weighted by atomic mass is 9.96. The summed E-state index contributed by atoms with van der Waals surface area (Å²) in [4.78, 5) is 16.1. The molecule has 0 amide bonds. The standard InChI is InChI=1S/C12H15F3N4O2/c1-16-10-3-2-9(19(20)21)11(17-10)18-6-4-8(5-7-18)12(13,14)15/h2-3,8H,4-7H2,1H3,(H,16,17). The van der Waals surface area contributed by atoms with E-state index in [0.29, 0.717) is 5.82 Å². The van der Waals surface area contributed by atoms with Crippen molar-refractivity contribution in [2.75, 3.05) is 30.4 Å². The number of nitrogens with zero attached hydrogens (tertiary/aromatic N) is 3. The number of piperidine rings is 1. The average Bonchev–Trinajstić information content (AvgIpc) is 2.45. The fourth-order valence-corrected chi connectivity index (χ4v) is 2.37. The first-order chi connectivity index (χ1) is 9.82. The number of hydrogen-bond acceptors (Lipinski definition) is 5. The molecule has 1 fully saturated rings. The van der Waals surface area contributed by atoms with E-state index in [1.807, 2.05) is 0 Å². The summed E-state index contributed by atoms with van der Waals surface area (Å²) >= 11 is 0. The van der Waals surface area contributed by atoms with Crippen LogP contribution in [0.5, 0.6) is 0 Å². The van der Waals surface area contributed by atoms with Gasteiger partial charge in [-0.25, -0.2) is 4.98 Å². The van der Waals surface area contributed by atoms with Crippen LogP contribution in [-0.4, -0.2) is 36.2 Å². The molecule has 9 heteroatoms. The maximum atomic E-state index is 12.6. The van der Waals surface area contributed by atoms with Gasteiger partial charge in [0, 0.05) is 26.2 Å². The lowest BCUT2D eigenvalue weighted by Crippen LogP contribution is -2.39. The van der Waals surface area contributed by atoms with Crippen molar-refractivity contribution in [1.29, 1.82) is 0 Å². The Morgan fingerprint density at radius 1 is 1.38 bits per heavy atom. The largest absolute Gasteiger partial charge is 0.391 e. The Hall–Kier alpha value is -2.06. The molecule has 2 heterocycles. The second kappa shape index (κ2) is 5.74.